The van der Waals surface area contributed by atoms with Crippen molar-refractivity contribution < 1.29 is 24.7 Å². The summed E-state index contributed by atoms with van der Waals surface area (Å²) >= 11 is 0. The van der Waals surface area contributed by atoms with Crippen LogP contribution in [0.3, 0.4) is 0 Å². The summed E-state index contributed by atoms with van der Waals surface area (Å²) < 4.78 is 5.06. The van der Waals surface area contributed by atoms with Crippen LogP contribution in [0.25, 0.3) is 0 Å². The van der Waals surface area contributed by atoms with Crippen molar-refractivity contribution in [2.75, 3.05) is 6.51 Å². The van der Waals surface area contributed by atoms with Gasteiger partial charge in [0.1, 0.15) is 18.3 Å². The first-order valence-corrected chi connectivity index (χ1v) is 5.05. The molecule has 6 nitrogen and oxygen atoms in total. The molecule has 0 fully saturated rings. The van der Waals surface area contributed by atoms with Gasteiger partial charge in [0.05, 0.1) is 0 Å². The van der Waals surface area contributed by atoms with Gasteiger partial charge in [0.15, 0.2) is 0 Å². The van der Waals surface area contributed by atoms with E-state index in [1.54, 1.807) is 24.3 Å². The maximum atomic E-state index is 10.6. The fourth-order valence-corrected chi connectivity index (χ4v) is 1.27. The molecule has 92 valence electrons. The summed E-state index contributed by atoms with van der Waals surface area (Å²) in [4.78, 5) is 10.6. The molecule has 1 atom stereocenters. The summed E-state index contributed by atoms with van der Waals surface area (Å²) in [5.41, 5.74) is 6.11. The molecule has 0 saturated carbocycles. The molecule has 0 bridgehead atoms. The largest absolute Gasteiger partial charge is 0.496 e. The van der Waals surface area contributed by atoms with Gasteiger partial charge in [-0.25, -0.2) is 0 Å². The minimum atomic E-state index is -1.54. The van der Waals surface area contributed by atoms with Crippen molar-refractivity contribution >= 4 is 13.1 Å². The van der Waals surface area contributed by atoms with Crippen molar-refractivity contribution in [3.8, 4) is 5.75 Å². The number of ether oxygens (including phenoxy) is 1. The fraction of sp³-hybridized carbons (Fsp3) is 0.300. The minimum Gasteiger partial charge on any atom is -0.496 e. The molecule has 0 aliphatic rings. The van der Waals surface area contributed by atoms with Crippen molar-refractivity contribution in [2.45, 2.75) is 12.5 Å². The standard InChI is InChI=1S/C10H14BNO5/c12-9(10(13)14)5-7-2-1-3-8(4-7)17-6-11(15)16/h1-4,9,15-16H,5-6,12H2,(H,13,14). The van der Waals surface area contributed by atoms with Crippen LogP contribution in [0.15, 0.2) is 24.3 Å². The number of carbonyl (C=O) groups is 1. The topological polar surface area (TPSA) is 113 Å². The van der Waals surface area contributed by atoms with E-state index in [-0.39, 0.29) is 12.9 Å². The Morgan fingerprint density at radius 1 is 1.47 bits per heavy atom. The lowest BCUT2D eigenvalue weighted by Gasteiger charge is -2.09. The smallest absolute Gasteiger partial charge is 0.491 e. The average molecular weight is 239 g/mol. The number of hydrogen-bond acceptors (Lipinski definition) is 5. The van der Waals surface area contributed by atoms with Crippen LogP contribution in [0, 0.1) is 0 Å². The van der Waals surface area contributed by atoms with Crippen molar-refractivity contribution in [2.24, 2.45) is 5.73 Å². The van der Waals surface area contributed by atoms with E-state index < -0.39 is 19.1 Å². The van der Waals surface area contributed by atoms with Crippen LogP contribution in [-0.4, -0.2) is 40.8 Å². The lowest BCUT2D eigenvalue weighted by atomic mass is 9.95. The van der Waals surface area contributed by atoms with E-state index in [1.165, 1.54) is 0 Å². The number of rotatable bonds is 6. The highest BCUT2D eigenvalue weighted by Crippen LogP contribution is 2.14. The average Bonchev–Trinajstić information content (AvgIpc) is 2.26. The number of carboxylic acids is 1. The summed E-state index contributed by atoms with van der Waals surface area (Å²) in [5, 5.41) is 25.9. The van der Waals surface area contributed by atoms with Crippen LogP contribution in [-0.2, 0) is 11.2 Å². The SMILES string of the molecule is NC(Cc1cccc(OCB(O)O)c1)C(=O)O. The van der Waals surface area contributed by atoms with E-state index >= 15 is 0 Å². The highest BCUT2D eigenvalue weighted by atomic mass is 16.5. The molecule has 0 radical (unpaired) electrons. The third-order valence-electron chi connectivity index (χ3n) is 2.07. The highest BCUT2D eigenvalue weighted by Gasteiger charge is 2.13. The van der Waals surface area contributed by atoms with E-state index in [9.17, 15) is 4.79 Å². The van der Waals surface area contributed by atoms with Crippen LogP contribution >= 0.6 is 0 Å². The van der Waals surface area contributed by atoms with Crippen LogP contribution in [0.4, 0.5) is 0 Å². The Bertz CT molecular complexity index is 385. The zero-order chi connectivity index (χ0) is 12.8. The second kappa shape index (κ2) is 6.24. The predicted octanol–water partition coefficient (Wildman–Crippen LogP) is -0.968. The van der Waals surface area contributed by atoms with Crippen LogP contribution in [0.2, 0.25) is 0 Å². The van der Waals surface area contributed by atoms with Gasteiger partial charge in [-0.3, -0.25) is 4.79 Å². The monoisotopic (exact) mass is 239 g/mol. The number of benzene rings is 1. The predicted molar refractivity (Wildman–Crippen MR) is 61.4 cm³/mol. The van der Waals surface area contributed by atoms with Gasteiger partial charge in [0.25, 0.3) is 0 Å². The van der Waals surface area contributed by atoms with Crippen molar-refractivity contribution in [1.29, 1.82) is 0 Å². The maximum absolute atomic E-state index is 10.6. The quantitative estimate of drug-likeness (QED) is 0.475. The zero-order valence-electron chi connectivity index (χ0n) is 9.11. The number of aliphatic carboxylic acids is 1. The number of carboxylic acid groups (broad SMARTS) is 1. The molecule has 0 spiro atoms. The molecule has 17 heavy (non-hydrogen) atoms. The summed E-state index contributed by atoms with van der Waals surface area (Å²) in [5.74, 6) is -0.629. The Morgan fingerprint density at radius 2 is 2.18 bits per heavy atom. The molecule has 0 aliphatic heterocycles. The Morgan fingerprint density at radius 3 is 2.76 bits per heavy atom. The van der Waals surface area contributed by atoms with Crippen LogP contribution in [0.5, 0.6) is 5.75 Å². The molecular weight excluding hydrogens is 225 g/mol. The molecule has 0 aliphatic carbocycles. The molecular formula is C10H14BNO5. The van der Waals surface area contributed by atoms with Gasteiger partial charge >= 0.3 is 13.1 Å². The molecule has 7 heteroatoms. The van der Waals surface area contributed by atoms with Crippen molar-refractivity contribution in [3.63, 3.8) is 0 Å². The van der Waals surface area contributed by atoms with E-state index in [4.69, 9.17) is 25.6 Å². The summed E-state index contributed by atoms with van der Waals surface area (Å²) in [7, 11) is -1.54. The van der Waals surface area contributed by atoms with E-state index in [0.29, 0.717) is 11.3 Å². The first-order valence-electron chi connectivity index (χ1n) is 5.05. The Labute approximate surface area is 98.8 Å². The lowest BCUT2D eigenvalue weighted by molar-refractivity contribution is -0.138. The molecule has 1 aromatic carbocycles. The third-order valence-corrected chi connectivity index (χ3v) is 2.07. The molecule has 1 rings (SSSR count). The first kappa shape index (κ1) is 13.5. The molecule has 1 aromatic rings. The van der Waals surface area contributed by atoms with E-state index in [2.05, 4.69) is 0 Å². The van der Waals surface area contributed by atoms with Gasteiger partial charge in [-0.05, 0) is 24.1 Å². The van der Waals surface area contributed by atoms with Gasteiger partial charge in [0.2, 0.25) is 0 Å². The summed E-state index contributed by atoms with van der Waals surface area (Å²) in [6, 6.07) is 5.70. The van der Waals surface area contributed by atoms with Crippen LogP contribution < -0.4 is 10.5 Å². The highest BCUT2D eigenvalue weighted by molar-refractivity contribution is 6.40. The molecule has 0 aromatic heterocycles. The van der Waals surface area contributed by atoms with E-state index in [0.717, 1.165) is 0 Å². The Kier molecular flexibility index (Phi) is 4.95. The first-order chi connectivity index (χ1) is 7.99. The molecule has 1 unspecified atom stereocenters. The molecule has 0 heterocycles. The fourth-order valence-electron chi connectivity index (χ4n) is 1.27. The van der Waals surface area contributed by atoms with Gasteiger partial charge in [0, 0.05) is 0 Å². The third kappa shape index (κ3) is 4.86. The van der Waals surface area contributed by atoms with Crippen LogP contribution in [0.1, 0.15) is 5.56 Å². The van der Waals surface area contributed by atoms with Gasteiger partial charge in [-0.1, -0.05) is 12.1 Å². The second-order valence-electron chi connectivity index (χ2n) is 3.59. The Hall–Kier alpha value is -1.57. The summed E-state index contributed by atoms with van der Waals surface area (Å²) in [6.45, 7) is -0.242. The molecule has 0 saturated heterocycles. The van der Waals surface area contributed by atoms with E-state index in [1.807, 2.05) is 0 Å². The molecule has 5 N–H and O–H groups in total. The maximum Gasteiger partial charge on any atom is 0.491 e. The van der Waals surface area contributed by atoms with Gasteiger partial charge in [-0.15, -0.1) is 0 Å². The van der Waals surface area contributed by atoms with Gasteiger partial charge < -0.3 is 25.6 Å². The second-order valence-corrected chi connectivity index (χ2v) is 3.59. The normalized spacial score (nSPS) is 11.9. The minimum absolute atomic E-state index is 0.189. The molecule has 0 amide bonds. The number of nitrogens with two attached hydrogens (primary N) is 1. The van der Waals surface area contributed by atoms with Crippen molar-refractivity contribution in [1.82, 2.24) is 0 Å². The summed E-state index contributed by atoms with van der Waals surface area (Å²) in [6.07, 6.45) is 0.189. The zero-order valence-corrected chi connectivity index (χ0v) is 9.11. The lowest BCUT2D eigenvalue weighted by Crippen LogP contribution is -2.32. The van der Waals surface area contributed by atoms with Gasteiger partial charge in [-0.2, -0.15) is 0 Å². The van der Waals surface area contributed by atoms with Crippen molar-refractivity contribution in [3.05, 3.63) is 29.8 Å². The number of hydrogen-bond donors (Lipinski definition) is 4. The Balaban J connectivity index is 2.62.